The lowest BCUT2D eigenvalue weighted by Crippen LogP contribution is -2.59. The van der Waals surface area contributed by atoms with E-state index in [2.05, 4.69) is 30.3 Å². The van der Waals surface area contributed by atoms with Crippen LogP contribution in [0.5, 0.6) is 0 Å². The van der Waals surface area contributed by atoms with Gasteiger partial charge < -0.3 is 35.0 Å². The van der Waals surface area contributed by atoms with Gasteiger partial charge in [0, 0.05) is 13.0 Å². The minimum Gasteiger partial charge on any atom is -0.396 e. The number of rotatable bonds is 6. The van der Waals surface area contributed by atoms with Crippen LogP contribution in [0.4, 0.5) is 0 Å². The molecule has 1 aliphatic rings. The topological polar surface area (TPSA) is 120 Å². The molecule has 1 heterocycles. The molecule has 6 unspecified atom stereocenters. The van der Waals surface area contributed by atoms with E-state index in [4.69, 9.17) is 19.7 Å². The minimum atomic E-state index is -1.51. The van der Waals surface area contributed by atoms with Gasteiger partial charge in [0.1, 0.15) is 30.5 Å². The standard InChI is InChI=1S/C16H22O7/c1-2-11(8-6-4-3-5-7-9-17)22-16-15(21)14(20)13(19)12(10-18)23-16/h2,11-21H,1,5,7,9-10H2. The second-order valence-electron chi connectivity index (χ2n) is 4.89. The number of aliphatic hydroxyl groups is 5. The number of aliphatic hydroxyl groups excluding tert-OH is 5. The van der Waals surface area contributed by atoms with Gasteiger partial charge in [0.25, 0.3) is 0 Å². The second-order valence-corrected chi connectivity index (χ2v) is 4.89. The van der Waals surface area contributed by atoms with Crippen molar-refractivity contribution in [3.05, 3.63) is 12.7 Å². The predicted molar refractivity (Wildman–Crippen MR) is 80.7 cm³/mol. The predicted octanol–water partition coefficient (Wildman–Crippen LogP) is -1.86. The molecule has 5 N–H and O–H groups in total. The van der Waals surface area contributed by atoms with Crippen LogP contribution in [-0.4, -0.2) is 75.6 Å². The Morgan fingerprint density at radius 3 is 2.48 bits per heavy atom. The highest BCUT2D eigenvalue weighted by atomic mass is 16.7. The van der Waals surface area contributed by atoms with Crippen LogP contribution < -0.4 is 0 Å². The number of hydrogen-bond donors (Lipinski definition) is 5. The molecule has 0 bridgehead atoms. The van der Waals surface area contributed by atoms with E-state index in [9.17, 15) is 15.3 Å². The van der Waals surface area contributed by atoms with E-state index in [-0.39, 0.29) is 6.61 Å². The van der Waals surface area contributed by atoms with Gasteiger partial charge in [0.2, 0.25) is 0 Å². The Balaban J connectivity index is 2.65. The van der Waals surface area contributed by atoms with Crippen LogP contribution in [-0.2, 0) is 9.47 Å². The van der Waals surface area contributed by atoms with Crippen molar-refractivity contribution in [2.45, 2.75) is 49.7 Å². The van der Waals surface area contributed by atoms with E-state index in [0.717, 1.165) is 0 Å². The van der Waals surface area contributed by atoms with E-state index in [1.54, 1.807) is 0 Å². The van der Waals surface area contributed by atoms with Crippen molar-refractivity contribution in [3.63, 3.8) is 0 Å². The molecule has 0 aliphatic carbocycles. The summed E-state index contributed by atoms with van der Waals surface area (Å²) in [6.07, 6.45) is -5.12. The maximum Gasteiger partial charge on any atom is 0.188 e. The van der Waals surface area contributed by atoms with E-state index >= 15 is 0 Å². The molecule has 6 atom stereocenters. The molecule has 0 aromatic carbocycles. The quantitative estimate of drug-likeness (QED) is 0.220. The number of hydrogen-bond acceptors (Lipinski definition) is 7. The first-order valence-electron chi connectivity index (χ1n) is 7.23. The fourth-order valence-electron chi connectivity index (χ4n) is 1.85. The molecule has 0 spiro atoms. The van der Waals surface area contributed by atoms with Crippen molar-refractivity contribution in [2.24, 2.45) is 0 Å². The van der Waals surface area contributed by atoms with Crippen LogP contribution in [0.1, 0.15) is 12.8 Å². The Morgan fingerprint density at radius 2 is 1.87 bits per heavy atom. The van der Waals surface area contributed by atoms with Crippen LogP contribution in [0.2, 0.25) is 0 Å². The molecular formula is C16H22O7. The van der Waals surface area contributed by atoms with Gasteiger partial charge in [-0.15, -0.1) is 0 Å². The van der Waals surface area contributed by atoms with Crippen LogP contribution in [0.3, 0.4) is 0 Å². The Kier molecular flexibility index (Phi) is 8.85. The van der Waals surface area contributed by atoms with Crippen LogP contribution >= 0.6 is 0 Å². The molecule has 1 rings (SSSR count). The smallest absolute Gasteiger partial charge is 0.188 e. The molecule has 0 saturated carbocycles. The lowest BCUT2D eigenvalue weighted by Gasteiger charge is -2.40. The molecule has 1 aliphatic heterocycles. The fraction of sp³-hybridized carbons (Fsp3) is 0.625. The normalized spacial score (nSPS) is 31.3. The largest absolute Gasteiger partial charge is 0.396 e. The first-order chi connectivity index (χ1) is 11.0. The first-order valence-corrected chi connectivity index (χ1v) is 7.23. The molecule has 7 nitrogen and oxygen atoms in total. The number of ether oxygens (including phenoxy) is 2. The van der Waals surface area contributed by atoms with Crippen LogP contribution in [0, 0.1) is 23.7 Å². The summed E-state index contributed by atoms with van der Waals surface area (Å²) in [5.74, 6) is 10.5. The van der Waals surface area contributed by atoms with Crippen LogP contribution in [0.25, 0.3) is 0 Å². The summed E-state index contributed by atoms with van der Waals surface area (Å²) in [5, 5.41) is 46.9. The summed E-state index contributed by atoms with van der Waals surface area (Å²) in [7, 11) is 0. The van der Waals surface area contributed by atoms with Crippen molar-refractivity contribution in [1.29, 1.82) is 0 Å². The van der Waals surface area contributed by atoms with Gasteiger partial charge in [-0.25, -0.2) is 0 Å². The SMILES string of the molecule is C=CC(C#CC#CCCCO)OC1OC(CO)C(O)C(O)C1O. The molecule has 0 radical (unpaired) electrons. The third-order valence-corrected chi connectivity index (χ3v) is 3.17. The average molecular weight is 326 g/mol. The zero-order chi connectivity index (χ0) is 17.2. The van der Waals surface area contributed by atoms with Gasteiger partial charge in [0.05, 0.1) is 6.61 Å². The number of unbranched alkanes of at least 4 members (excludes halogenated alkanes) is 1. The third-order valence-electron chi connectivity index (χ3n) is 3.17. The Labute approximate surface area is 135 Å². The molecule has 23 heavy (non-hydrogen) atoms. The van der Waals surface area contributed by atoms with E-state index in [1.165, 1.54) is 6.08 Å². The summed E-state index contributed by atoms with van der Waals surface area (Å²) >= 11 is 0. The highest BCUT2D eigenvalue weighted by molar-refractivity contribution is 5.28. The lowest BCUT2D eigenvalue weighted by molar-refractivity contribution is -0.303. The molecule has 0 aromatic heterocycles. The van der Waals surface area contributed by atoms with Gasteiger partial charge >= 0.3 is 0 Å². The van der Waals surface area contributed by atoms with E-state index in [1.807, 2.05) is 0 Å². The van der Waals surface area contributed by atoms with Gasteiger partial charge in [-0.3, -0.25) is 0 Å². The Hall–Kier alpha value is -1.42. The maximum absolute atomic E-state index is 9.86. The molecular weight excluding hydrogens is 304 g/mol. The Bertz CT molecular complexity index is 482. The molecule has 7 heteroatoms. The monoisotopic (exact) mass is 326 g/mol. The highest BCUT2D eigenvalue weighted by Gasteiger charge is 2.44. The van der Waals surface area contributed by atoms with Crippen molar-refractivity contribution in [2.75, 3.05) is 13.2 Å². The van der Waals surface area contributed by atoms with E-state index in [0.29, 0.717) is 12.8 Å². The zero-order valence-corrected chi connectivity index (χ0v) is 12.6. The molecule has 0 amide bonds. The summed E-state index contributed by atoms with van der Waals surface area (Å²) < 4.78 is 10.6. The lowest BCUT2D eigenvalue weighted by atomic mass is 9.99. The summed E-state index contributed by atoms with van der Waals surface area (Å²) in [6, 6.07) is 0. The fourth-order valence-corrected chi connectivity index (χ4v) is 1.85. The highest BCUT2D eigenvalue weighted by Crippen LogP contribution is 2.22. The van der Waals surface area contributed by atoms with Crippen molar-refractivity contribution in [1.82, 2.24) is 0 Å². The van der Waals surface area contributed by atoms with Crippen molar-refractivity contribution in [3.8, 4) is 23.7 Å². The summed E-state index contributed by atoms with van der Waals surface area (Å²) in [6.45, 7) is 3.08. The van der Waals surface area contributed by atoms with Gasteiger partial charge in [-0.1, -0.05) is 24.5 Å². The molecule has 1 saturated heterocycles. The van der Waals surface area contributed by atoms with Crippen molar-refractivity contribution < 1.29 is 35.0 Å². The van der Waals surface area contributed by atoms with Gasteiger partial charge in [0.15, 0.2) is 6.29 Å². The third kappa shape index (κ3) is 5.94. The molecule has 0 aromatic rings. The van der Waals surface area contributed by atoms with E-state index < -0.39 is 43.4 Å². The zero-order valence-electron chi connectivity index (χ0n) is 12.6. The Morgan fingerprint density at radius 1 is 1.13 bits per heavy atom. The van der Waals surface area contributed by atoms with Crippen molar-refractivity contribution >= 4 is 0 Å². The summed E-state index contributed by atoms with van der Waals surface area (Å²) in [4.78, 5) is 0. The maximum atomic E-state index is 9.86. The second kappa shape index (κ2) is 10.4. The summed E-state index contributed by atoms with van der Waals surface area (Å²) in [5.41, 5.74) is 0. The molecule has 128 valence electrons. The average Bonchev–Trinajstić information content (AvgIpc) is 2.56. The first kappa shape index (κ1) is 19.6. The van der Waals surface area contributed by atoms with Gasteiger partial charge in [-0.05, 0) is 18.3 Å². The minimum absolute atomic E-state index is 0.0671. The van der Waals surface area contributed by atoms with Crippen LogP contribution in [0.15, 0.2) is 12.7 Å². The molecule has 1 fully saturated rings. The van der Waals surface area contributed by atoms with Gasteiger partial charge in [-0.2, -0.15) is 0 Å².